The van der Waals surface area contributed by atoms with Crippen molar-refractivity contribution in [1.82, 2.24) is 9.47 Å². The van der Waals surface area contributed by atoms with Gasteiger partial charge < -0.3 is 24.4 Å². The molecule has 31 heavy (non-hydrogen) atoms. The number of anilines is 2. The minimum atomic E-state index is -0.207. The molecule has 2 amide bonds. The molecule has 7 heteroatoms. The maximum absolute atomic E-state index is 12.5. The number of aryl methyl sites for hydroxylation is 1. The van der Waals surface area contributed by atoms with Crippen molar-refractivity contribution in [3.05, 3.63) is 60.8 Å². The van der Waals surface area contributed by atoms with Gasteiger partial charge in [-0.15, -0.1) is 0 Å². The quantitative estimate of drug-likeness (QED) is 0.638. The summed E-state index contributed by atoms with van der Waals surface area (Å²) in [5, 5.41) is 4.03. The average molecular weight is 421 g/mol. The molecular weight excluding hydrogens is 392 g/mol. The van der Waals surface area contributed by atoms with Gasteiger partial charge in [0.05, 0.1) is 19.8 Å². The van der Waals surface area contributed by atoms with Crippen molar-refractivity contribution in [2.24, 2.45) is 0 Å². The van der Waals surface area contributed by atoms with Crippen molar-refractivity contribution in [3.8, 4) is 0 Å². The fourth-order valence-electron chi connectivity index (χ4n) is 3.82. The van der Waals surface area contributed by atoms with Crippen LogP contribution in [0.1, 0.15) is 6.42 Å². The van der Waals surface area contributed by atoms with Crippen LogP contribution in [0.2, 0.25) is 0 Å². The fourth-order valence-corrected chi connectivity index (χ4v) is 3.82. The lowest BCUT2D eigenvalue weighted by atomic mass is 10.2. The molecule has 1 aliphatic rings. The number of carbonyl (C=O) groups is 2. The van der Waals surface area contributed by atoms with Crippen LogP contribution in [0.15, 0.2) is 60.8 Å². The first-order chi connectivity index (χ1) is 15.1. The molecule has 4 rings (SSSR count). The van der Waals surface area contributed by atoms with Crippen LogP contribution < -0.4 is 10.2 Å². The van der Waals surface area contributed by atoms with E-state index >= 15 is 0 Å². The van der Waals surface area contributed by atoms with E-state index in [1.165, 1.54) is 4.90 Å². The molecule has 0 radical (unpaired) electrons. The molecule has 0 aliphatic carbocycles. The van der Waals surface area contributed by atoms with Crippen molar-refractivity contribution in [3.63, 3.8) is 0 Å². The van der Waals surface area contributed by atoms with Crippen molar-refractivity contribution >= 4 is 34.1 Å². The van der Waals surface area contributed by atoms with Crippen molar-refractivity contribution in [1.29, 1.82) is 0 Å². The Morgan fingerprint density at radius 3 is 2.55 bits per heavy atom. The number of ether oxygens (including phenoxy) is 1. The van der Waals surface area contributed by atoms with Gasteiger partial charge >= 0.3 is 0 Å². The molecule has 1 fully saturated rings. The molecule has 1 N–H and O–H groups in total. The third-order valence-corrected chi connectivity index (χ3v) is 5.58. The highest BCUT2D eigenvalue weighted by molar-refractivity contribution is 5.94. The summed E-state index contributed by atoms with van der Waals surface area (Å²) in [6, 6.07) is 17.9. The molecule has 0 bridgehead atoms. The summed E-state index contributed by atoms with van der Waals surface area (Å²) in [6.07, 6.45) is 2.34. The zero-order valence-electron chi connectivity index (χ0n) is 17.8. The van der Waals surface area contributed by atoms with Crippen molar-refractivity contribution < 1.29 is 14.3 Å². The number of fused-ring (bicyclic) bond motifs is 1. The molecule has 2 aromatic carbocycles. The molecule has 1 aromatic heterocycles. The Morgan fingerprint density at radius 2 is 1.77 bits per heavy atom. The fraction of sp³-hybridized carbons (Fsp3) is 0.333. The van der Waals surface area contributed by atoms with E-state index in [0.717, 1.165) is 48.6 Å². The van der Waals surface area contributed by atoms with E-state index < -0.39 is 0 Å². The zero-order chi connectivity index (χ0) is 21.6. The van der Waals surface area contributed by atoms with Crippen LogP contribution in [0, 0.1) is 0 Å². The summed E-state index contributed by atoms with van der Waals surface area (Å²) in [4.78, 5) is 28.6. The van der Waals surface area contributed by atoms with Gasteiger partial charge in [0.25, 0.3) is 0 Å². The molecule has 0 spiro atoms. The minimum absolute atomic E-state index is 0.0243. The first-order valence-electron chi connectivity index (χ1n) is 10.6. The summed E-state index contributed by atoms with van der Waals surface area (Å²) in [5.74, 6) is -0.267. The summed E-state index contributed by atoms with van der Waals surface area (Å²) < 4.78 is 7.45. The van der Waals surface area contributed by atoms with Crippen LogP contribution in [0.4, 0.5) is 11.4 Å². The molecule has 1 aliphatic heterocycles. The topological polar surface area (TPSA) is 66.8 Å². The standard InChI is InChI=1S/C24H28N4O3/c1-26(24(30)11-13-28-12-10-19-4-2-3-5-22(19)28)18-23(29)25-20-6-8-21(9-7-20)27-14-16-31-17-15-27/h2-10,12H,11,13-18H2,1H3,(H,25,29). The van der Waals surface area contributed by atoms with E-state index in [0.29, 0.717) is 13.0 Å². The largest absolute Gasteiger partial charge is 0.378 e. The van der Waals surface area contributed by atoms with Gasteiger partial charge in [-0.3, -0.25) is 9.59 Å². The highest BCUT2D eigenvalue weighted by Gasteiger charge is 2.15. The van der Waals surface area contributed by atoms with E-state index in [4.69, 9.17) is 4.74 Å². The van der Waals surface area contributed by atoms with E-state index in [-0.39, 0.29) is 18.4 Å². The lowest BCUT2D eigenvalue weighted by Crippen LogP contribution is -2.36. The second-order valence-electron chi connectivity index (χ2n) is 7.76. The number of morpholine rings is 1. The van der Waals surface area contributed by atoms with Gasteiger partial charge in [0.2, 0.25) is 11.8 Å². The summed E-state index contributed by atoms with van der Waals surface area (Å²) in [6.45, 7) is 3.82. The Bertz CT molecular complexity index is 1040. The van der Waals surface area contributed by atoms with Gasteiger partial charge in [-0.25, -0.2) is 0 Å². The number of benzene rings is 2. The van der Waals surface area contributed by atoms with Gasteiger partial charge in [0.1, 0.15) is 0 Å². The van der Waals surface area contributed by atoms with Crippen molar-refractivity contribution in [2.45, 2.75) is 13.0 Å². The van der Waals surface area contributed by atoms with E-state index in [9.17, 15) is 9.59 Å². The van der Waals surface area contributed by atoms with Crippen LogP contribution >= 0.6 is 0 Å². The Morgan fingerprint density at radius 1 is 1.03 bits per heavy atom. The van der Waals surface area contributed by atoms with Crippen LogP contribution in [-0.4, -0.2) is 61.2 Å². The second-order valence-corrected chi connectivity index (χ2v) is 7.76. The minimum Gasteiger partial charge on any atom is -0.378 e. The van der Waals surface area contributed by atoms with Gasteiger partial charge in [-0.05, 0) is 41.8 Å². The Hall–Kier alpha value is -3.32. The zero-order valence-corrected chi connectivity index (χ0v) is 17.8. The molecular formula is C24H28N4O3. The predicted molar refractivity (Wildman–Crippen MR) is 122 cm³/mol. The molecule has 0 saturated carbocycles. The Labute approximate surface area is 182 Å². The van der Waals surface area contributed by atoms with E-state index in [1.54, 1.807) is 7.05 Å². The number of hydrogen-bond acceptors (Lipinski definition) is 4. The number of para-hydroxylation sites is 1. The summed E-state index contributed by atoms with van der Waals surface area (Å²) in [5.41, 5.74) is 2.95. The summed E-state index contributed by atoms with van der Waals surface area (Å²) >= 11 is 0. The molecule has 0 unspecified atom stereocenters. The van der Waals surface area contributed by atoms with Crippen LogP contribution in [0.3, 0.4) is 0 Å². The molecule has 0 atom stereocenters. The third kappa shape index (κ3) is 5.24. The number of carbonyl (C=O) groups excluding carboxylic acids is 2. The third-order valence-electron chi connectivity index (χ3n) is 5.58. The highest BCUT2D eigenvalue weighted by atomic mass is 16.5. The molecule has 1 saturated heterocycles. The number of nitrogens with one attached hydrogen (secondary N) is 1. The van der Waals surface area contributed by atoms with Crippen molar-refractivity contribution in [2.75, 3.05) is 50.1 Å². The maximum Gasteiger partial charge on any atom is 0.243 e. The number of amides is 2. The number of nitrogens with zero attached hydrogens (tertiary/aromatic N) is 3. The Balaban J connectivity index is 1.25. The predicted octanol–water partition coefficient (Wildman–Crippen LogP) is 2.97. The monoisotopic (exact) mass is 420 g/mol. The average Bonchev–Trinajstić information content (AvgIpc) is 3.21. The number of hydrogen-bond donors (Lipinski definition) is 1. The second kappa shape index (κ2) is 9.66. The van der Waals surface area contributed by atoms with Gasteiger partial charge in [-0.1, -0.05) is 18.2 Å². The lowest BCUT2D eigenvalue weighted by Gasteiger charge is -2.28. The number of aromatic nitrogens is 1. The van der Waals surface area contributed by atoms with Crippen LogP contribution in [0.25, 0.3) is 10.9 Å². The Kier molecular flexibility index (Phi) is 6.52. The van der Waals surface area contributed by atoms with Gasteiger partial charge in [-0.2, -0.15) is 0 Å². The first kappa shape index (κ1) is 20.9. The maximum atomic E-state index is 12.5. The normalized spacial score (nSPS) is 13.9. The SMILES string of the molecule is CN(CC(=O)Nc1ccc(N2CCOCC2)cc1)C(=O)CCn1ccc2ccccc21. The first-order valence-corrected chi connectivity index (χ1v) is 10.6. The molecule has 7 nitrogen and oxygen atoms in total. The number of likely N-dealkylation sites (N-methyl/N-ethyl adjacent to an activating group) is 1. The molecule has 2 heterocycles. The van der Waals surface area contributed by atoms with Gasteiger partial charge in [0, 0.05) is 56.2 Å². The lowest BCUT2D eigenvalue weighted by molar-refractivity contribution is -0.133. The highest BCUT2D eigenvalue weighted by Crippen LogP contribution is 2.19. The van der Waals surface area contributed by atoms with Gasteiger partial charge in [0.15, 0.2) is 0 Å². The molecule has 162 valence electrons. The number of rotatable bonds is 7. The molecule has 3 aromatic rings. The van der Waals surface area contributed by atoms with E-state index in [1.807, 2.05) is 54.7 Å². The smallest absolute Gasteiger partial charge is 0.243 e. The van der Waals surface area contributed by atoms with E-state index in [2.05, 4.69) is 20.9 Å². The summed E-state index contributed by atoms with van der Waals surface area (Å²) in [7, 11) is 1.66. The van der Waals surface area contributed by atoms with Crippen LogP contribution in [-0.2, 0) is 20.9 Å². The van der Waals surface area contributed by atoms with Crippen LogP contribution in [0.5, 0.6) is 0 Å².